The lowest BCUT2D eigenvalue weighted by Crippen LogP contribution is -2.14. The third-order valence-electron chi connectivity index (χ3n) is 5.63. The van der Waals surface area contributed by atoms with E-state index in [9.17, 15) is 4.79 Å². The Balaban J connectivity index is 1.64. The molecular weight excluding hydrogens is 430 g/mol. The molecule has 0 radical (unpaired) electrons. The Morgan fingerprint density at radius 2 is 1.94 bits per heavy atom. The summed E-state index contributed by atoms with van der Waals surface area (Å²) in [6.07, 6.45) is 3.75. The summed E-state index contributed by atoms with van der Waals surface area (Å²) in [5, 5.41) is 8.92. The first kappa shape index (κ1) is 23.0. The molecule has 8 nitrogen and oxygen atoms in total. The number of aromatic nitrogens is 3. The number of nitrogens with two attached hydrogens (primary N) is 1. The van der Waals surface area contributed by atoms with E-state index in [0.717, 1.165) is 27.8 Å². The van der Waals surface area contributed by atoms with Gasteiger partial charge in [0, 0.05) is 29.9 Å². The fraction of sp³-hybridized carbons (Fsp3) is 0.231. The number of hydrogen-bond acceptors (Lipinski definition) is 7. The van der Waals surface area contributed by atoms with Crippen LogP contribution in [-0.4, -0.2) is 33.3 Å². The van der Waals surface area contributed by atoms with Crippen molar-refractivity contribution in [3.05, 3.63) is 72.7 Å². The molecule has 0 spiro atoms. The van der Waals surface area contributed by atoms with Crippen LogP contribution in [0, 0.1) is 5.41 Å². The second kappa shape index (κ2) is 10.2. The van der Waals surface area contributed by atoms with E-state index in [1.807, 2.05) is 72.3 Å². The topological polar surface area (TPSA) is 116 Å². The molecule has 0 aliphatic rings. The van der Waals surface area contributed by atoms with Gasteiger partial charge in [-0.3, -0.25) is 4.79 Å². The van der Waals surface area contributed by atoms with Crippen molar-refractivity contribution in [3.63, 3.8) is 0 Å². The maximum Gasteiger partial charge on any atom is 0.311 e. The minimum atomic E-state index is -0.422. The minimum absolute atomic E-state index is 0.0369. The highest BCUT2D eigenvalue weighted by Gasteiger charge is 2.20. The Morgan fingerprint density at radius 3 is 2.71 bits per heavy atom. The molecule has 0 aliphatic carbocycles. The molecule has 174 valence electrons. The number of carbonyl (C=O) groups is 1. The minimum Gasteiger partial charge on any atom is -0.489 e. The molecule has 3 N–H and O–H groups in total. The van der Waals surface area contributed by atoms with Crippen molar-refractivity contribution in [1.29, 1.82) is 5.41 Å². The van der Waals surface area contributed by atoms with Crippen molar-refractivity contribution in [2.24, 2.45) is 0 Å². The van der Waals surface area contributed by atoms with Crippen LogP contribution < -0.4 is 10.5 Å². The van der Waals surface area contributed by atoms with E-state index < -0.39 is 5.97 Å². The number of nitrogens with one attached hydrogen (secondary N) is 1. The summed E-state index contributed by atoms with van der Waals surface area (Å²) < 4.78 is 12.7. The van der Waals surface area contributed by atoms with Crippen molar-refractivity contribution in [1.82, 2.24) is 14.5 Å². The molecule has 2 aromatic carbocycles. The third-order valence-corrected chi connectivity index (χ3v) is 5.63. The molecule has 1 unspecified atom stereocenters. The molecule has 0 saturated heterocycles. The van der Waals surface area contributed by atoms with Gasteiger partial charge < -0.3 is 25.2 Å². The van der Waals surface area contributed by atoms with E-state index in [2.05, 4.69) is 14.7 Å². The predicted molar refractivity (Wildman–Crippen MR) is 132 cm³/mol. The van der Waals surface area contributed by atoms with E-state index in [4.69, 9.17) is 15.9 Å². The summed E-state index contributed by atoms with van der Waals surface area (Å²) in [7, 11) is 1.32. The van der Waals surface area contributed by atoms with Crippen LogP contribution in [0.15, 0.2) is 67.1 Å². The first-order valence-electron chi connectivity index (χ1n) is 11.0. The van der Waals surface area contributed by atoms with Crippen LogP contribution in [0.2, 0.25) is 0 Å². The smallest absolute Gasteiger partial charge is 0.311 e. The molecule has 2 heterocycles. The number of esters is 1. The summed E-state index contributed by atoms with van der Waals surface area (Å²) in [5.41, 5.74) is 10.1. The molecule has 8 heteroatoms. The average Bonchev–Trinajstić information content (AvgIpc) is 3.25. The largest absolute Gasteiger partial charge is 0.489 e. The molecule has 2 aromatic heterocycles. The van der Waals surface area contributed by atoms with Crippen LogP contribution in [-0.2, 0) is 16.1 Å². The molecular formula is C26H27N5O3. The normalized spacial score (nSPS) is 11.8. The number of hydrogen-bond donors (Lipinski definition) is 2. The number of benzene rings is 2. The van der Waals surface area contributed by atoms with Gasteiger partial charge in [0.05, 0.1) is 18.9 Å². The highest BCUT2D eigenvalue weighted by atomic mass is 16.5. The number of ether oxygens (including phenoxy) is 2. The number of anilines is 1. The summed E-state index contributed by atoms with van der Waals surface area (Å²) in [4.78, 5) is 20.2. The number of methoxy groups -OCH3 is 1. The summed E-state index contributed by atoms with van der Waals surface area (Å²) in [5.74, 6) is 0.700. The van der Waals surface area contributed by atoms with Gasteiger partial charge in [0.2, 0.25) is 0 Å². The number of nitrogens with zero attached hydrogens (tertiary/aromatic N) is 3. The lowest BCUT2D eigenvalue weighted by molar-refractivity contribution is -0.139. The maximum absolute atomic E-state index is 11.5. The van der Waals surface area contributed by atoms with Crippen LogP contribution in [0.25, 0.3) is 22.2 Å². The van der Waals surface area contributed by atoms with E-state index in [1.54, 1.807) is 0 Å². The zero-order chi connectivity index (χ0) is 24.1. The molecule has 0 fully saturated rings. The molecule has 0 amide bonds. The van der Waals surface area contributed by atoms with Crippen LogP contribution in [0.3, 0.4) is 0 Å². The summed E-state index contributed by atoms with van der Waals surface area (Å²) >= 11 is 0. The van der Waals surface area contributed by atoms with E-state index in [-0.39, 0.29) is 12.5 Å². The number of fused-ring (bicyclic) bond motifs is 1. The second-order valence-corrected chi connectivity index (χ2v) is 8.12. The van der Waals surface area contributed by atoms with Gasteiger partial charge in [-0.15, -0.1) is 0 Å². The Hall–Kier alpha value is -4.20. The van der Waals surface area contributed by atoms with Crippen LogP contribution in [0.5, 0.6) is 5.75 Å². The highest BCUT2D eigenvalue weighted by molar-refractivity contribution is 6.01. The number of nitrogen functional groups attached to an aromatic ring is 1. The van der Waals surface area contributed by atoms with Gasteiger partial charge in [0.25, 0.3) is 0 Å². The SMILES string of the molecule is COC(=O)CC(=N)CC(C)n1cc(-c2cccc(OCc3ccccc3)c2)c2c(N)ncnc21. The molecule has 0 saturated carbocycles. The summed E-state index contributed by atoms with van der Waals surface area (Å²) in [6.45, 7) is 2.45. The van der Waals surface area contributed by atoms with Crippen LogP contribution in [0.1, 0.15) is 31.4 Å². The Labute approximate surface area is 197 Å². The first-order valence-corrected chi connectivity index (χ1v) is 11.0. The second-order valence-electron chi connectivity index (χ2n) is 8.12. The quantitative estimate of drug-likeness (QED) is 0.276. The van der Waals surface area contributed by atoms with Crippen LogP contribution in [0.4, 0.5) is 5.82 Å². The Kier molecular flexibility index (Phi) is 6.87. The Morgan fingerprint density at radius 1 is 1.15 bits per heavy atom. The van der Waals surface area contributed by atoms with Crippen molar-refractivity contribution in [3.8, 4) is 16.9 Å². The third kappa shape index (κ3) is 5.06. The first-order chi connectivity index (χ1) is 16.5. The van der Waals surface area contributed by atoms with Crippen molar-refractivity contribution >= 4 is 28.5 Å². The van der Waals surface area contributed by atoms with Gasteiger partial charge in [-0.05, 0) is 30.2 Å². The molecule has 0 aliphatic heterocycles. The maximum atomic E-state index is 11.5. The van der Waals surface area contributed by atoms with Crippen molar-refractivity contribution < 1.29 is 14.3 Å². The van der Waals surface area contributed by atoms with Crippen LogP contribution >= 0.6 is 0 Å². The zero-order valence-corrected chi connectivity index (χ0v) is 19.2. The lowest BCUT2D eigenvalue weighted by atomic mass is 10.1. The molecule has 34 heavy (non-hydrogen) atoms. The van der Waals surface area contributed by atoms with Crippen molar-refractivity contribution in [2.45, 2.75) is 32.4 Å². The zero-order valence-electron chi connectivity index (χ0n) is 19.2. The van der Waals surface area contributed by atoms with Gasteiger partial charge in [-0.1, -0.05) is 42.5 Å². The monoisotopic (exact) mass is 457 g/mol. The van der Waals surface area contributed by atoms with Gasteiger partial charge in [0.1, 0.15) is 30.1 Å². The number of carbonyl (C=O) groups excluding carboxylic acids is 1. The summed E-state index contributed by atoms with van der Waals surface area (Å²) in [6, 6.07) is 17.7. The molecule has 0 bridgehead atoms. The van der Waals surface area contributed by atoms with E-state index in [1.165, 1.54) is 13.4 Å². The van der Waals surface area contributed by atoms with Gasteiger partial charge >= 0.3 is 5.97 Å². The van der Waals surface area contributed by atoms with E-state index >= 15 is 0 Å². The number of rotatable bonds is 9. The predicted octanol–water partition coefficient (Wildman–Crippen LogP) is 4.79. The highest BCUT2D eigenvalue weighted by Crippen LogP contribution is 2.36. The average molecular weight is 458 g/mol. The fourth-order valence-corrected chi connectivity index (χ4v) is 3.93. The van der Waals surface area contributed by atoms with E-state index in [0.29, 0.717) is 30.2 Å². The Bertz CT molecular complexity index is 1320. The lowest BCUT2D eigenvalue weighted by Gasteiger charge is -2.15. The fourth-order valence-electron chi connectivity index (χ4n) is 3.93. The molecule has 4 rings (SSSR count). The van der Waals surface area contributed by atoms with Gasteiger partial charge in [-0.2, -0.15) is 0 Å². The molecule has 1 atom stereocenters. The van der Waals surface area contributed by atoms with Gasteiger partial charge in [-0.25, -0.2) is 9.97 Å². The van der Waals surface area contributed by atoms with Gasteiger partial charge in [0.15, 0.2) is 0 Å². The standard InChI is InChI=1S/C26H27N5O3/c1-17(11-20(27)13-23(32)33-2)31-14-22(24-25(28)29-16-30-26(24)31)19-9-6-10-21(12-19)34-15-18-7-4-3-5-8-18/h3-10,12,14,16-17,27H,11,13,15H2,1-2H3,(H2,28,29,30). The van der Waals surface area contributed by atoms with Crippen molar-refractivity contribution in [2.75, 3.05) is 12.8 Å². The molecule has 4 aromatic rings.